The number of hydrogen-bond donors (Lipinski definition) is 1. The minimum atomic E-state index is -0.127. The average Bonchev–Trinajstić information content (AvgIpc) is 3.68. The topological polar surface area (TPSA) is 50.9 Å². The van der Waals surface area contributed by atoms with Crippen LogP contribution in [0.5, 0.6) is 5.75 Å². The molecule has 1 aliphatic carbocycles. The van der Waals surface area contributed by atoms with Crippen LogP contribution >= 0.6 is 0 Å². The summed E-state index contributed by atoms with van der Waals surface area (Å²) in [5.41, 5.74) is 18.2. The van der Waals surface area contributed by atoms with Crippen molar-refractivity contribution in [1.82, 2.24) is 14.5 Å². The highest BCUT2D eigenvalue weighted by atomic mass is 16.3. The van der Waals surface area contributed by atoms with Crippen LogP contribution in [0.3, 0.4) is 0 Å². The van der Waals surface area contributed by atoms with Crippen LogP contribution in [-0.4, -0.2) is 19.6 Å². The van der Waals surface area contributed by atoms with Gasteiger partial charge in [0.15, 0.2) is 0 Å². The fourth-order valence-electron chi connectivity index (χ4n) is 8.86. The van der Waals surface area contributed by atoms with Crippen LogP contribution in [-0.2, 0) is 18.3 Å². The van der Waals surface area contributed by atoms with Gasteiger partial charge in [-0.15, -0.1) is 0 Å². The normalized spacial score (nSPS) is 12.7. The fraction of sp³-hybridized carbons (Fsp3) is 0.143. The molecule has 0 radical (unpaired) electrons. The molecule has 60 heavy (non-hydrogen) atoms. The van der Waals surface area contributed by atoms with Gasteiger partial charge in [0.1, 0.15) is 11.6 Å². The summed E-state index contributed by atoms with van der Waals surface area (Å²) in [6.07, 6.45) is 6.22. The van der Waals surface area contributed by atoms with E-state index in [-0.39, 0.29) is 11.2 Å². The fourth-order valence-corrected chi connectivity index (χ4v) is 8.86. The number of rotatable bonds is 7. The standard InChI is InChI=1S/C56H47N3O/c1-56(2,3)46-32-44(31-45(33-46)50-35-43(29-30-57-50)39-27-25-38(26-28-39)37-15-6-4-7-16-37)48-22-14-24-52-54(48)58-55(49-34-41-19-10-11-20-42(41)36-53(49)60)59(52)51-23-13-12-21-47(51)40-17-8-5-9-18-40/h4-9,12-18,21-36,60H,10-11,19-20H2,1-3H3. The summed E-state index contributed by atoms with van der Waals surface area (Å²) in [4.78, 5) is 10.5. The van der Waals surface area contributed by atoms with Crippen molar-refractivity contribution in [2.75, 3.05) is 0 Å². The molecule has 292 valence electrons. The number of nitrogens with zero attached hydrogens (tertiary/aromatic N) is 3. The summed E-state index contributed by atoms with van der Waals surface area (Å²) in [7, 11) is 0. The zero-order valence-corrected chi connectivity index (χ0v) is 34.4. The van der Waals surface area contributed by atoms with Crippen LogP contribution in [0.15, 0.2) is 176 Å². The van der Waals surface area contributed by atoms with Gasteiger partial charge in [-0.2, -0.15) is 0 Å². The highest BCUT2D eigenvalue weighted by molar-refractivity contribution is 5.97. The third kappa shape index (κ3) is 6.98. The van der Waals surface area contributed by atoms with Gasteiger partial charge >= 0.3 is 0 Å². The SMILES string of the molecule is CC(C)(C)c1cc(-c2cc(-c3ccc(-c4ccccc4)cc3)ccn2)cc(-c2cccc3c2nc(-c2cc4c(cc2O)CCCC4)n3-c2ccccc2-c2ccccc2)c1. The molecule has 0 fully saturated rings. The second-order valence-electron chi connectivity index (χ2n) is 17.1. The Balaban J connectivity index is 1.15. The highest BCUT2D eigenvalue weighted by Gasteiger charge is 2.25. The number of benzene rings is 7. The zero-order valence-electron chi connectivity index (χ0n) is 34.4. The maximum atomic E-state index is 11.8. The Morgan fingerprint density at radius 2 is 1.12 bits per heavy atom. The van der Waals surface area contributed by atoms with E-state index >= 15 is 0 Å². The van der Waals surface area contributed by atoms with Crippen molar-refractivity contribution in [2.45, 2.75) is 51.9 Å². The summed E-state index contributed by atoms with van der Waals surface area (Å²) >= 11 is 0. The van der Waals surface area contributed by atoms with Crippen LogP contribution in [0.2, 0.25) is 0 Å². The van der Waals surface area contributed by atoms with Crippen molar-refractivity contribution in [3.63, 3.8) is 0 Å². The smallest absolute Gasteiger partial charge is 0.149 e. The van der Waals surface area contributed by atoms with Crippen molar-refractivity contribution < 1.29 is 5.11 Å². The molecule has 4 nitrogen and oxygen atoms in total. The second kappa shape index (κ2) is 15.3. The molecule has 9 aromatic rings. The van der Waals surface area contributed by atoms with E-state index in [1.165, 1.54) is 27.8 Å². The first-order valence-corrected chi connectivity index (χ1v) is 21.1. The number of pyridine rings is 1. The molecule has 0 aliphatic heterocycles. The Bertz CT molecular complexity index is 3010. The molecule has 4 heteroatoms. The number of para-hydroxylation sites is 2. The summed E-state index contributed by atoms with van der Waals surface area (Å²) in [6, 6.07) is 60.2. The van der Waals surface area contributed by atoms with Crippen LogP contribution in [0.1, 0.15) is 50.3 Å². The first-order chi connectivity index (χ1) is 29.3. The lowest BCUT2D eigenvalue weighted by molar-refractivity contribution is 0.474. The first-order valence-electron chi connectivity index (χ1n) is 21.1. The van der Waals surface area contributed by atoms with E-state index in [1.54, 1.807) is 0 Å². The van der Waals surface area contributed by atoms with E-state index in [2.05, 4.69) is 189 Å². The number of imidazole rings is 1. The number of aromatic nitrogens is 3. The summed E-state index contributed by atoms with van der Waals surface area (Å²) in [6.45, 7) is 6.79. The number of phenols is 1. The summed E-state index contributed by atoms with van der Waals surface area (Å²) in [5, 5.41) is 11.8. The van der Waals surface area contributed by atoms with Gasteiger partial charge in [-0.3, -0.25) is 9.55 Å². The summed E-state index contributed by atoms with van der Waals surface area (Å²) < 4.78 is 2.26. The van der Waals surface area contributed by atoms with E-state index in [9.17, 15) is 5.11 Å². The van der Waals surface area contributed by atoms with Gasteiger partial charge in [-0.05, 0) is 130 Å². The Morgan fingerprint density at radius 3 is 1.85 bits per heavy atom. The van der Waals surface area contributed by atoms with Gasteiger partial charge in [0.05, 0.1) is 28.0 Å². The Hall–Kier alpha value is -7.04. The van der Waals surface area contributed by atoms with Gasteiger partial charge in [0, 0.05) is 22.9 Å². The van der Waals surface area contributed by atoms with Gasteiger partial charge in [0.2, 0.25) is 0 Å². The molecule has 1 aliphatic rings. The molecule has 0 saturated heterocycles. The minimum Gasteiger partial charge on any atom is -0.507 e. The number of phenolic OH excluding ortho intramolecular Hbond substituents is 1. The van der Waals surface area contributed by atoms with Crippen molar-refractivity contribution in [1.29, 1.82) is 0 Å². The van der Waals surface area contributed by atoms with Crippen molar-refractivity contribution in [2.24, 2.45) is 0 Å². The Labute approximate surface area is 352 Å². The van der Waals surface area contributed by atoms with Gasteiger partial charge in [-0.25, -0.2) is 4.98 Å². The molecule has 0 amide bonds. The highest BCUT2D eigenvalue weighted by Crippen LogP contribution is 2.43. The molecule has 10 rings (SSSR count). The third-order valence-corrected chi connectivity index (χ3v) is 12.1. The average molecular weight is 778 g/mol. The van der Waals surface area contributed by atoms with Crippen LogP contribution in [0.4, 0.5) is 0 Å². The molecule has 2 aromatic heterocycles. The number of fused-ring (bicyclic) bond motifs is 2. The molecule has 2 heterocycles. The maximum absolute atomic E-state index is 11.8. The van der Waals surface area contributed by atoms with E-state index in [0.29, 0.717) is 0 Å². The lowest BCUT2D eigenvalue weighted by Crippen LogP contribution is -2.11. The predicted octanol–water partition coefficient (Wildman–Crippen LogP) is 14.3. The van der Waals surface area contributed by atoms with Crippen molar-refractivity contribution in [3.8, 4) is 78.6 Å². The lowest BCUT2D eigenvalue weighted by Gasteiger charge is -2.22. The molecule has 0 bridgehead atoms. The van der Waals surface area contributed by atoms with Gasteiger partial charge in [0.25, 0.3) is 0 Å². The van der Waals surface area contributed by atoms with Gasteiger partial charge in [-0.1, -0.05) is 142 Å². The van der Waals surface area contributed by atoms with E-state index in [0.717, 1.165) is 98.4 Å². The first kappa shape index (κ1) is 37.2. The quantitative estimate of drug-likeness (QED) is 0.175. The Kier molecular flexibility index (Phi) is 9.49. The predicted molar refractivity (Wildman–Crippen MR) is 248 cm³/mol. The minimum absolute atomic E-state index is 0.127. The maximum Gasteiger partial charge on any atom is 0.149 e. The van der Waals surface area contributed by atoms with Crippen LogP contribution < -0.4 is 0 Å². The molecule has 0 spiro atoms. The monoisotopic (exact) mass is 777 g/mol. The molecule has 7 aromatic carbocycles. The Morgan fingerprint density at radius 1 is 0.500 bits per heavy atom. The van der Waals surface area contributed by atoms with Crippen molar-refractivity contribution in [3.05, 3.63) is 193 Å². The summed E-state index contributed by atoms with van der Waals surface area (Å²) in [5.74, 6) is 0.996. The molecule has 1 N–H and O–H groups in total. The van der Waals surface area contributed by atoms with E-state index in [4.69, 9.17) is 9.97 Å². The molecule has 0 atom stereocenters. The van der Waals surface area contributed by atoms with E-state index in [1.807, 2.05) is 12.3 Å². The number of aromatic hydroxyl groups is 1. The third-order valence-electron chi connectivity index (χ3n) is 12.1. The molecule has 0 saturated carbocycles. The van der Waals surface area contributed by atoms with Crippen molar-refractivity contribution >= 4 is 11.0 Å². The number of aryl methyl sites for hydroxylation is 2. The van der Waals surface area contributed by atoms with Gasteiger partial charge < -0.3 is 5.11 Å². The lowest BCUT2D eigenvalue weighted by atomic mass is 9.83. The van der Waals surface area contributed by atoms with Crippen LogP contribution in [0, 0.1) is 0 Å². The van der Waals surface area contributed by atoms with E-state index < -0.39 is 0 Å². The largest absolute Gasteiger partial charge is 0.507 e. The molecular weight excluding hydrogens is 731 g/mol. The molecular formula is C56H47N3O. The number of hydrogen-bond acceptors (Lipinski definition) is 3. The molecule has 0 unspecified atom stereocenters. The second-order valence-corrected chi connectivity index (χ2v) is 17.1. The zero-order chi connectivity index (χ0) is 40.8. The van der Waals surface area contributed by atoms with Crippen LogP contribution in [0.25, 0.3) is 83.9 Å².